The molecule has 0 spiro atoms. The van der Waals surface area contributed by atoms with Crippen molar-refractivity contribution in [2.45, 2.75) is 65.3 Å². The van der Waals surface area contributed by atoms with Crippen molar-refractivity contribution < 1.29 is 48.9 Å². The van der Waals surface area contributed by atoms with Crippen LogP contribution in [0.4, 0.5) is 0 Å². The van der Waals surface area contributed by atoms with Gasteiger partial charge in [-0.25, -0.2) is 9.90 Å². The molecule has 184 valence electrons. The highest BCUT2D eigenvalue weighted by Crippen LogP contribution is 2.17. The number of hydroxylamine groups is 2. The lowest BCUT2D eigenvalue weighted by Gasteiger charge is -2.26. The highest BCUT2D eigenvalue weighted by atomic mass is 17.0. The van der Waals surface area contributed by atoms with Crippen LogP contribution in [-0.4, -0.2) is 64.2 Å². The van der Waals surface area contributed by atoms with E-state index in [4.69, 9.17) is 14.7 Å². The van der Waals surface area contributed by atoms with Gasteiger partial charge < -0.3 is 19.5 Å². The van der Waals surface area contributed by atoms with Crippen LogP contribution in [0.3, 0.4) is 0 Å². The SMILES string of the molecule is CC(C)CC(CC(=O)O)CN(C=O)OC(C)OC(=O)CCC[C@H](CO[N+](=O)[O-])O[N+](=O)[O-]. The Morgan fingerprint density at radius 1 is 1.16 bits per heavy atom. The fourth-order valence-electron chi connectivity index (χ4n) is 2.86. The molecule has 15 heteroatoms. The molecule has 0 heterocycles. The van der Waals surface area contributed by atoms with E-state index in [-0.39, 0.29) is 44.1 Å². The standard InChI is InChI=1S/C17H29N3O12/c1-12(2)7-14(8-16(22)23)9-18(11-21)31-13(3)30-17(24)6-4-5-15(32-20(27)28)10-29-19(25)26/h11-15H,4-10H2,1-3H3,(H,22,23)/t13?,14?,15-/m1/s1. The average molecular weight is 467 g/mol. The molecule has 3 atom stereocenters. The maximum atomic E-state index is 11.9. The number of nitrogens with zero attached hydrogens (tertiary/aromatic N) is 3. The second-order valence-corrected chi connectivity index (χ2v) is 7.32. The van der Waals surface area contributed by atoms with E-state index >= 15 is 0 Å². The van der Waals surface area contributed by atoms with Gasteiger partial charge in [0.15, 0.2) is 0 Å². The smallest absolute Gasteiger partial charge is 0.308 e. The lowest BCUT2D eigenvalue weighted by Crippen LogP contribution is -2.35. The Hall–Kier alpha value is -3.23. The molecule has 0 rings (SSSR count). The van der Waals surface area contributed by atoms with Gasteiger partial charge in [-0.3, -0.25) is 14.4 Å². The van der Waals surface area contributed by atoms with E-state index < -0.39 is 41.1 Å². The molecule has 0 aromatic carbocycles. The predicted molar refractivity (Wildman–Crippen MR) is 103 cm³/mol. The minimum atomic E-state index is -1.24. The number of ether oxygens (including phenoxy) is 1. The van der Waals surface area contributed by atoms with Gasteiger partial charge in [0, 0.05) is 19.8 Å². The number of carbonyl (C=O) groups is 3. The lowest BCUT2D eigenvalue weighted by atomic mass is 9.94. The van der Waals surface area contributed by atoms with Crippen LogP contribution in [0.5, 0.6) is 0 Å². The highest BCUT2D eigenvalue weighted by Gasteiger charge is 2.22. The summed E-state index contributed by atoms with van der Waals surface area (Å²) >= 11 is 0. The minimum absolute atomic E-state index is 0.00771. The maximum Gasteiger partial charge on any atom is 0.308 e. The summed E-state index contributed by atoms with van der Waals surface area (Å²) in [6.07, 6.45) is -1.93. The first-order valence-corrected chi connectivity index (χ1v) is 9.81. The Morgan fingerprint density at radius 2 is 1.81 bits per heavy atom. The van der Waals surface area contributed by atoms with Crippen molar-refractivity contribution in [3.05, 3.63) is 20.2 Å². The molecule has 0 radical (unpaired) electrons. The van der Waals surface area contributed by atoms with Crippen molar-refractivity contribution in [3.8, 4) is 0 Å². The molecular formula is C17H29N3O12. The third-order valence-electron chi connectivity index (χ3n) is 3.91. The van der Waals surface area contributed by atoms with Gasteiger partial charge in [0.1, 0.15) is 12.7 Å². The van der Waals surface area contributed by atoms with Gasteiger partial charge in [-0.2, -0.15) is 0 Å². The van der Waals surface area contributed by atoms with Crippen LogP contribution in [0.15, 0.2) is 0 Å². The van der Waals surface area contributed by atoms with Gasteiger partial charge in [0.25, 0.3) is 10.2 Å². The molecule has 0 saturated heterocycles. The molecule has 2 unspecified atom stereocenters. The van der Waals surface area contributed by atoms with E-state index in [1.54, 1.807) is 0 Å². The molecule has 15 nitrogen and oxygen atoms in total. The van der Waals surface area contributed by atoms with Gasteiger partial charge >= 0.3 is 11.9 Å². The molecule has 0 aliphatic carbocycles. The quantitative estimate of drug-likeness (QED) is 0.0942. The number of carbonyl (C=O) groups excluding carboxylic acids is 2. The van der Waals surface area contributed by atoms with E-state index in [0.29, 0.717) is 12.8 Å². The third kappa shape index (κ3) is 15.6. The van der Waals surface area contributed by atoms with Crippen LogP contribution in [0.2, 0.25) is 0 Å². The molecule has 0 saturated carbocycles. The van der Waals surface area contributed by atoms with E-state index in [0.717, 1.165) is 5.06 Å². The molecule has 0 aromatic rings. The van der Waals surface area contributed by atoms with Crippen molar-refractivity contribution >= 4 is 18.3 Å². The molecule has 0 aliphatic rings. The predicted octanol–water partition coefficient (Wildman–Crippen LogP) is 1.36. The molecule has 0 fully saturated rings. The largest absolute Gasteiger partial charge is 0.481 e. The summed E-state index contributed by atoms with van der Waals surface area (Å²) in [5.74, 6) is -1.92. The van der Waals surface area contributed by atoms with Crippen LogP contribution < -0.4 is 0 Å². The number of amides is 1. The maximum absolute atomic E-state index is 11.9. The Balaban J connectivity index is 4.53. The van der Waals surface area contributed by atoms with Crippen LogP contribution in [0, 0.1) is 32.1 Å². The van der Waals surface area contributed by atoms with E-state index in [1.165, 1.54) is 6.92 Å². The zero-order chi connectivity index (χ0) is 24.7. The topological polar surface area (TPSA) is 198 Å². The number of hydrogen-bond donors (Lipinski definition) is 1. The van der Waals surface area contributed by atoms with Gasteiger partial charge in [-0.05, 0) is 31.1 Å². The van der Waals surface area contributed by atoms with Gasteiger partial charge in [-0.1, -0.05) is 13.8 Å². The zero-order valence-corrected chi connectivity index (χ0v) is 18.1. The number of carboxylic acids is 1. The second-order valence-electron chi connectivity index (χ2n) is 7.32. The van der Waals surface area contributed by atoms with Crippen LogP contribution in [-0.2, 0) is 33.6 Å². The van der Waals surface area contributed by atoms with Crippen LogP contribution in [0.25, 0.3) is 0 Å². The van der Waals surface area contributed by atoms with Crippen molar-refractivity contribution in [2.24, 2.45) is 11.8 Å². The third-order valence-corrected chi connectivity index (χ3v) is 3.91. The second kappa shape index (κ2) is 15.6. The van der Waals surface area contributed by atoms with Gasteiger partial charge in [0.05, 0.1) is 6.54 Å². The average Bonchev–Trinajstić information content (AvgIpc) is 2.63. The summed E-state index contributed by atoms with van der Waals surface area (Å²) < 4.78 is 5.00. The number of carboxylic acid groups (broad SMARTS) is 1. The van der Waals surface area contributed by atoms with Crippen molar-refractivity contribution in [1.82, 2.24) is 5.06 Å². The number of rotatable bonds is 19. The summed E-state index contributed by atoms with van der Waals surface area (Å²) in [5, 5.41) is 28.2. The van der Waals surface area contributed by atoms with Crippen molar-refractivity contribution in [3.63, 3.8) is 0 Å². The zero-order valence-electron chi connectivity index (χ0n) is 18.1. The normalized spacial score (nSPS) is 13.5. The molecule has 1 amide bonds. The highest BCUT2D eigenvalue weighted by molar-refractivity contribution is 5.69. The summed E-state index contributed by atoms with van der Waals surface area (Å²) in [6.45, 7) is 4.50. The Labute approximate surface area is 183 Å². The first kappa shape index (κ1) is 28.8. The minimum Gasteiger partial charge on any atom is -0.481 e. The summed E-state index contributed by atoms with van der Waals surface area (Å²) in [7, 11) is 0. The number of hydrogen-bond acceptors (Lipinski definition) is 11. The van der Waals surface area contributed by atoms with E-state index in [1.807, 2.05) is 13.8 Å². The Morgan fingerprint density at radius 3 is 2.31 bits per heavy atom. The molecule has 0 aromatic heterocycles. The van der Waals surface area contributed by atoms with Crippen LogP contribution >= 0.6 is 0 Å². The molecule has 32 heavy (non-hydrogen) atoms. The summed E-state index contributed by atoms with van der Waals surface area (Å²) in [5.41, 5.74) is 0. The van der Waals surface area contributed by atoms with Crippen LogP contribution in [0.1, 0.15) is 52.9 Å². The first-order valence-electron chi connectivity index (χ1n) is 9.81. The van der Waals surface area contributed by atoms with Crippen molar-refractivity contribution in [2.75, 3.05) is 13.2 Å². The van der Waals surface area contributed by atoms with E-state index in [9.17, 15) is 34.6 Å². The molecule has 1 N–H and O–H groups in total. The summed E-state index contributed by atoms with van der Waals surface area (Å²) in [6, 6.07) is 0. The van der Waals surface area contributed by atoms with Crippen molar-refractivity contribution in [1.29, 1.82) is 0 Å². The van der Waals surface area contributed by atoms with E-state index in [2.05, 4.69) is 9.68 Å². The fraction of sp³-hybridized carbons (Fsp3) is 0.824. The number of aliphatic carboxylic acids is 1. The van der Waals surface area contributed by atoms with Gasteiger partial charge in [0.2, 0.25) is 12.7 Å². The molecule has 0 aliphatic heterocycles. The molecular weight excluding hydrogens is 438 g/mol. The molecule has 0 bridgehead atoms. The first-order chi connectivity index (χ1) is 14.9. The lowest BCUT2D eigenvalue weighted by molar-refractivity contribution is -0.790. The van der Waals surface area contributed by atoms with Gasteiger partial charge in [-0.15, -0.1) is 20.2 Å². The fourth-order valence-corrected chi connectivity index (χ4v) is 2.86. The Bertz CT molecular complexity index is 630. The number of esters is 1. The Kier molecular flexibility index (Phi) is 14.0. The monoisotopic (exact) mass is 467 g/mol. The summed E-state index contributed by atoms with van der Waals surface area (Å²) in [4.78, 5) is 68.3.